The van der Waals surface area contributed by atoms with Crippen LogP contribution in [0.1, 0.15) is 45.1 Å². The van der Waals surface area contributed by atoms with Crippen molar-refractivity contribution < 1.29 is 27.8 Å². The van der Waals surface area contributed by atoms with Gasteiger partial charge in [-0.2, -0.15) is 0 Å². The molecule has 8 heteroatoms. The van der Waals surface area contributed by atoms with Gasteiger partial charge in [0, 0.05) is 40.6 Å². The predicted octanol–water partition coefficient (Wildman–Crippen LogP) is 5.22. The van der Waals surface area contributed by atoms with Crippen LogP contribution in [0.3, 0.4) is 0 Å². The molecule has 1 amide bonds. The second-order valence-corrected chi connectivity index (χ2v) is 9.59. The van der Waals surface area contributed by atoms with Gasteiger partial charge in [-0.15, -0.1) is 0 Å². The van der Waals surface area contributed by atoms with Crippen LogP contribution >= 0.6 is 0 Å². The number of dihydropyridines is 1. The van der Waals surface area contributed by atoms with Crippen molar-refractivity contribution in [1.82, 2.24) is 5.32 Å². The van der Waals surface area contributed by atoms with Gasteiger partial charge in [-0.25, -0.2) is 8.78 Å². The third-order valence-corrected chi connectivity index (χ3v) is 6.41. The molecule has 1 aliphatic heterocycles. The van der Waals surface area contributed by atoms with Gasteiger partial charge >= 0.3 is 0 Å². The Morgan fingerprint density at radius 3 is 2.51 bits per heavy atom. The zero-order valence-corrected chi connectivity index (χ0v) is 20.3. The van der Waals surface area contributed by atoms with Gasteiger partial charge in [0.2, 0.25) is 0 Å². The fourth-order valence-electron chi connectivity index (χ4n) is 4.97. The van der Waals surface area contributed by atoms with E-state index in [1.807, 2.05) is 13.8 Å². The van der Waals surface area contributed by atoms with E-state index in [-0.39, 0.29) is 22.5 Å². The molecule has 0 unspecified atom stereocenters. The number of ether oxygens (including phenoxy) is 2. The first-order valence-electron chi connectivity index (χ1n) is 11.3. The van der Waals surface area contributed by atoms with E-state index in [9.17, 15) is 18.4 Å². The number of benzene rings is 2. The van der Waals surface area contributed by atoms with Crippen molar-refractivity contribution in [3.63, 3.8) is 0 Å². The van der Waals surface area contributed by atoms with Gasteiger partial charge in [-0.1, -0.05) is 26.0 Å². The third kappa shape index (κ3) is 4.52. The van der Waals surface area contributed by atoms with Gasteiger partial charge in [0.25, 0.3) is 5.91 Å². The molecule has 35 heavy (non-hydrogen) atoms. The number of nitrogens with one attached hydrogen (secondary N) is 2. The average Bonchev–Trinajstić information content (AvgIpc) is 2.78. The summed E-state index contributed by atoms with van der Waals surface area (Å²) in [6.07, 6.45) is 0.937. The number of Topliss-reactive ketones (excluding diaryl/α,β-unsaturated/α-hetero) is 1. The van der Waals surface area contributed by atoms with E-state index in [1.54, 1.807) is 25.1 Å². The number of carbonyl (C=O) groups excluding carboxylic acids is 2. The van der Waals surface area contributed by atoms with Gasteiger partial charge in [-0.3, -0.25) is 9.59 Å². The maximum atomic E-state index is 14.3. The number of methoxy groups -OCH3 is 2. The van der Waals surface area contributed by atoms with Crippen LogP contribution in [0.2, 0.25) is 0 Å². The smallest absolute Gasteiger partial charge is 0.254 e. The number of halogens is 2. The van der Waals surface area contributed by atoms with Crippen LogP contribution < -0.4 is 20.1 Å². The lowest BCUT2D eigenvalue weighted by molar-refractivity contribution is -0.118. The molecule has 2 N–H and O–H groups in total. The molecule has 4 rings (SSSR count). The van der Waals surface area contributed by atoms with Crippen molar-refractivity contribution in [2.45, 2.75) is 39.5 Å². The fraction of sp³-hybridized carbons (Fsp3) is 0.333. The highest BCUT2D eigenvalue weighted by Crippen LogP contribution is 2.50. The second-order valence-electron chi connectivity index (χ2n) is 9.59. The minimum Gasteiger partial charge on any atom is -0.493 e. The monoisotopic (exact) mass is 482 g/mol. The number of ketones is 1. The van der Waals surface area contributed by atoms with E-state index in [4.69, 9.17) is 9.47 Å². The molecular formula is C27H28F2N2O4. The van der Waals surface area contributed by atoms with Crippen molar-refractivity contribution >= 4 is 17.4 Å². The Kier molecular flexibility index (Phi) is 6.40. The highest BCUT2D eigenvalue weighted by atomic mass is 19.1. The molecule has 184 valence electrons. The molecule has 2 aliphatic rings. The number of rotatable bonds is 5. The Labute approximate surface area is 203 Å². The first-order valence-corrected chi connectivity index (χ1v) is 11.3. The number of hydrogen-bond donors (Lipinski definition) is 2. The SMILES string of the molecule is COc1cccc([C@H]2C(C(=O)Nc3ccc(F)cc3F)=C(C)NC3=C2C(=O)CC(C)(C)C3)c1OC. The first-order chi connectivity index (χ1) is 16.6. The predicted molar refractivity (Wildman–Crippen MR) is 128 cm³/mol. The van der Waals surface area contributed by atoms with E-state index in [1.165, 1.54) is 14.2 Å². The van der Waals surface area contributed by atoms with Gasteiger partial charge in [0.15, 0.2) is 17.3 Å². The highest BCUT2D eigenvalue weighted by molar-refractivity contribution is 6.10. The molecule has 6 nitrogen and oxygen atoms in total. The van der Waals surface area contributed by atoms with Gasteiger partial charge in [-0.05, 0) is 37.0 Å². The standard InChI is InChI=1S/C27H28F2N2O4/c1-14-22(26(33)31-18-10-9-15(28)11-17(18)29)23(16-7-6-8-21(34-4)25(16)35-5)24-19(30-14)12-27(2,3)13-20(24)32/h6-11,23,30H,12-13H2,1-5H3,(H,31,33)/t23-/m0/s1. The normalized spacial score (nSPS) is 19.2. The Morgan fingerprint density at radius 1 is 1.11 bits per heavy atom. The summed E-state index contributed by atoms with van der Waals surface area (Å²) in [6.45, 7) is 5.79. The van der Waals surface area contributed by atoms with E-state index < -0.39 is 23.5 Å². The fourth-order valence-corrected chi connectivity index (χ4v) is 4.97. The summed E-state index contributed by atoms with van der Waals surface area (Å²) in [5.41, 5.74) is 2.18. The van der Waals surface area contributed by atoms with Crippen LogP contribution in [0.4, 0.5) is 14.5 Å². The summed E-state index contributed by atoms with van der Waals surface area (Å²) in [5.74, 6) is -2.26. The van der Waals surface area contributed by atoms with Crippen LogP contribution in [0.5, 0.6) is 11.5 Å². The van der Waals surface area contributed by atoms with Gasteiger partial charge in [0.05, 0.1) is 25.8 Å². The minimum absolute atomic E-state index is 0.0793. The topological polar surface area (TPSA) is 76.7 Å². The van der Waals surface area contributed by atoms with Crippen LogP contribution in [-0.2, 0) is 9.59 Å². The van der Waals surface area contributed by atoms with Crippen LogP contribution in [0.25, 0.3) is 0 Å². The Morgan fingerprint density at radius 2 is 1.86 bits per heavy atom. The second kappa shape index (κ2) is 9.17. The van der Waals surface area contributed by atoms with Crippen molar-refractivity contribution in [2.24, 2.45) is 5.41 Å². The number of amides is 1. The maximum Gasteiger partial charge on any atom is 0.254 e. The van der Waals surface area contributed by atoms with Crippen molar-refractivity contribution in [2.75, 3.05) is 19.5 Å². The lowest BCUT2D eigenvalue weighted by Crippen LogP contribution is -2.39. The molecule has 2 aromatic carbocycles. The molecule has 1 aliphatic carbocycles. The molecular weight excluding hydrogens is 454 g/mol. The van der Waals surface area contributed by atoms with Crippen LogP contribution in [-0.4, -0.2) is 25.9 Å². The number of para-hydroxylation sites is 1. The molecule has 0 saturated heterocycles. The molecule has 0 aromatic heterocycles. The largest absolute Gasteiger partial charge is 0.493 e. The maximum absolute atomic E-state index is 14.3. The average molecular weight is 483 g/mol. The zero-order chi connectivity index (χ0) is 25.5. The molecule has 2 aromatic rings. The molecule has 0 fully saturated rings. The Bertz CT molecular complexity index is 1280. The first kappa shape index (κ1) is 24.4. The van der Waals surface area contributed by atoms with E-state index in [0.717, 1.165) is 17.8 Å². The Balaban J connectivity index is 1.88. The quantitative estimate of drug-likeness (QED) is 0.611. The summed E-state index contributed by atoms with van der Waals surface area (Å²) in [4.78, 5) is 27.1. The molecule has 0 spiro atoms. The summed E-state index contributed by atoms with van der Waals surface area (Å²) >= 11 is 0. The number of carbonyl (C=O) groups is 2. The zero-order valence-electron chi connectivity index (χ0n) is 20.3. The minimum atomic E-state index is -0.897. The molecule has 1 heterocycles. The van der Waals surface area contributed by atoms with Crippen molar-refractivity contribution in [3.8, 4) is 11.5 Å². The highest BCUT2D eigenvalue weighted by Gasteiger charge is 2.44. The van der Waals surface area contributed by atoms with Crippen LogP contribution in [0, 0.1) is 17.0 Å². The van der Waals surface area contributed by atoms with E-state index in [2.05, 4.69) is 10.6 Å². The van der Waals surface area contributed by atoms with Crippen molar-refractivity contribution in [1.29, 1.82) is 0 Å². The lowest BCUT2D eigenvalue weighted by Gasteiger charge is -2.40. The number of hydrogen-bond acceptors (Lipinski definition) is 5. The molecule has 1 atom stereocenters. The third-order valence-electron chi connectivity index (χ3n) is 6.41. The summed E-state index contributed by atoms with van der Waals surface area (Å²) in [6, 6.07) is 8.21. The molecule has 0 saturated carbocycles. The molecule has 0 bridgehead atoms. The van der Waals surface area contributed by atoms with Crippen LogP contribution in [0.15, 0.2) is 58.9 Å². The summed E-state index contributed by atoms with van der Waals surface area (Å²) in [7, 11) is 3.00. The molecule has 0 radical (unpaired) electrons. The van der Waals surface area contributed by atoms with Crippen molar-refractivity contribution in [3.05, 3.63) is 76.1 Å². The number of anilines is 1. The lowest BCUT2D eigenvalue weighted by atomic mass is 9.68. The van der Waals surface area contributed by atoms with Gasteiger partial charge < -0.3 is 20.1 Å². The van der Waals surface area contributed by atoms with E-state index >= 15 is 0 Å². The van der Waals surface area contributed by atoms with E-state index in [0.29, 0.717) is 47.2 Å². The summed E-state index contributed by atoms with van der Waals surface area (Å²) in [5, 5.41) is 5.81. The summed E-state index contributed by atoms with van der Waals surface area (Å²) < 4.78 is 38.9. The Hall–Kier alpha value is -3.68. The number of allylic oxidation sites excluding steroid dienone is 3. The van der Waals surface area contributed by atoms with Gasteiger partial charge in [0.1, 0.15) is 11.6 Å².